The molecule has 3 atom stereocenters. The van der Waals surface area contributed by atoms with E-state index in [0.717, 1.165) is 53.9 Å². The highest BCUT2D eigenvalue weighted by molar-refractivity contribution is 5.98. The van der Waals surface area contributed by atoms with E-state index >= 15 is 0 Å². The van der Waals surface area contributed by atoms with Crippen molar-refractivity contribution in [2.24, 2.45) is 11.8 Å². The summed E-state index contributed by atoms with van der Waals surface area (Å²) in [4.78, 5) is 30.2. The first kappa shape index (κ1) is 31.7. The van der Waals surface area contributed by atoms with Gasteiger partial charge < -0.3 is 19.1 Å². The molecule has 0 radical (unpaired) electrons. The quantitative estimate of drug-likeness (QED) is 0.199. The molecular weight excluding hydrogens is 506 g/mol. The number of nitrogens with one attached hydrogen (secondary N) is 1. The summed E-state index contributed by atoms with van der Waals surface area (Å²) in [5.41, 5.74) is 4.33. The third-order valence-corrected chi connectivity index (χ3v) is 7.15. The van der Waals surface area contributed by atoms with Crippen molar-refractivity contribution in [3.8, 4) is 0 Å². The Morgan fingerprint density at radius 3 is 2.58 bits per heavy atom. The van der Waals surface area contributed by atoms with Gasteiger partial charge in [-0.25, -0.2) is 4.98 Å². The molecule has 1 aromatic heterocycles. The van der Waals surface area contributed by atoms with E-state index < -0.39 is 18.1 Å². The number of fused-ring (bicyclic) bond motifs is 1. The lowest BCUT2D eigenvalue weighted by atomic mass is 10.00. The first-order valence-corrected chi connectivity index (χ1v) is 14.6. The SMILES string of the molecule is C/C=C(\C=C(\C)C(=O)C(C)C)c1nc2cc(CNC(C(=O)OCC(C)C)C(C)O)ccc2n1CC1CCCCO1. The van der Waals surface area contributed by atoms with Gasteiger partial charge in [0.1, 0.15) is 11.9 Å². The van der Waals surface area contributed by atoms with Crippen LogP contribution in [0.4, 0.5) is 0 Å². The van der Waals surface area contributed by atoms with Gasteiger partial charge in [-0.1, -0.05) is 39.8 Å². The number of carbonyl (C=O) groups excluding carboxylic acids is 2. The molecule has 1 aliphatic rings. The molecule has 2 aromatic rings. The zero-order valence-corrected chi connectivity index (χ0v) is 25.2. The smallest absolute Gasteiger partial charge is 0.325 e. The van der Waals surface area contributed by atoms with Gasteiger partial charge in [0.05, 0.1) is 36.4 Å². The summed E-state index contributed by atoms with van der Waals surface area (Å²) in [5, 5.41) is 13.4. The molecule has 1 aliphatic heterocycles. The molecule has 1 saturated heterocycles. The number of rotatable bonds is 13. The highest BCUT2D eigenvalue weighted by Crippen LogP contribution is 2.27. The molecule has 2 heterocycles. The molecule has 1 fully saturated rings. The van der Waals surface area contributed by atoms with E-state index in [1.54, 1.807) is 6.92 Å². The van der Waals surface area contributed by atoms with Crippen molar-refractivity contribution in [1.29, 1.82) is 0 Å². The highest BCUT2D eigenvalue weighted by atomic mass is 16.5. The maximum Gasteiger partial charge on any atom is 0.325 e. The molecule has 2 N–H and O–H groups in total. The van der Waals surface area contributed by atoms with Crippen LogP contribution in [0.2, 0.25) is 0 Å². The van der Waals surface area contributed by atoms with Gasteiger partial charge in [-0.05, 0) is 75.3 Å². The molecule has 8 heteroatoms. The number of esters is 1. The van der Waals surface area contributed by atoms with E-state index in [1.807, 2.05) is 71.9 Å². The highest BCUT2D eigenvalue weighted by Gasteiger charge is 2.25. The van der Waals surface area contributed by atoms with Crippen LogP contribution >= 0.6 is 0 Å². The molecule has 0 saturated carbocycles. The number of imidazole rings is 1. The van der Waals surface area contributed by atoms with Crippen LogP contribution in [0.3, 0.4) is 0 Å². The second kappa shape index (κ2) is 14.7. The van der Waals surface area contributed by atoms with E-state index in [9.17, 15) is 14.7 Å². The second-order valence-corrected chi connectivity index (χ2v) is 11.6. The van der Waals surface area contributed by atoms with Crippen LogP contribution in [0.15, 0.2) is 35.9 Å². The average molecular weight is 554 g/mol. The van der Waals surface area contributed by atoms with Gasteiger partial charge in [-0.2, -0.15) is 0 Å². The summed E-state index contributed by atoms with van der Waals surface area (Å²) in [7, 11) is 0. The van der Waals surface area contributed by atoms with E-state index in [-0.39, 0.29) is 23.7 Å². The third kappa shape index (κ3) is 8.35. The monoisotopic (exact) mass is 553 g/mol. The Hall–Kier alpha value is -2.81. The summed E-state index contributed by atoms with van der Waals surface area (Å²) >= 11 is 0. The van der Waals surface area contributed by atoms with Crippen molar-refractivity contribution in [2.75, 3.05) is 13.2 Å². The minimum absolute atomic E-state index is 0.0769. The predicted octanol–water partition coefficient (Wildman–Crippen LogP) is 5.22. The fourth-order valence-electron chi connectivity index (χ4n) is 4.90. The molecule has 0 bridgehead atoms. The number of hydrogen-bond donors (Lipinski definition) is 2. The van der Waals surface area contributed by atoms with Crippen molar-refractivity contribution < 1.29 is 24.2 Å². The first-order chi connectivity index (χ1) is 19.0. The van der Waals surface area contributed by atoms with Gasteiger partial charge in [0, 0.05) is 24.6 Å². The van der Waals surface area contributed by atoms with E-state index in [2.05, 4.69) is 9.88 Å². The van der Waals surface area contributed by atoms with Crippen LogP contribution in [0.1, 0.15) is 79.1 Å². The molecule has 220 valence electrons. The van der Waals surface area contributed by atoms with Gasteiger partial charge in [0.25, 0.3) is 0 Å². The van der Waals surface area contributed by atoms with Crippen molar-refractivity contribution in [2.45, 2.75) is 99.1 Å². The summed E-state index contributed by atoms with van der Waals surface area (Å²) in [6.45, 7) is 15.3. The van der Waals surface area contributed by atoms with Gasteiger partial charge in [0.15, 0.2) is 5.78 Å². The minimum Gasteiger partial charge on any atom is -0.464 e. The molecule has 0 amide bonds. The molecule has 0 aliphatic carbocycles. The summed E-state index contributed by atoms with van der Waals surface area (Å²) in [5.74, 6) is 0.595. The van der Waals surface area contributed by atoms with E-state index in [1.165, 1.54) is 0 Å². The van der Waals surface area contributed by atoms with Crippen LogP contribution in [0.25, 0.3) is 16.6 Å². The molecule has 0 spiro atoms. The number of Topliss-reactive ketones (excluding diaryl/α,β-unsaturated/α-hetero) is 1. The standard InChI is InChI=1S/C32H47N3O5/c1-8-25(15-22(6)30(37)21(4)5)31-34-27-16-24(17-33-29(23(7)36)32(38)40-19-20(2)3)12-13-28(27)35(31)18-26-11-9-10-14-39-26/h8,12-13,15-16,20-21,23,26,29,33,36H,9-11,14,17-19H2,1-7H3/b22-15-,25-8+. The van der Waals surface area contributed by atoms with Crippen LogP contribution < -0.4 is 5.32 Å². The average Bonchev–Trinajstić information content (AvgIpc) is 3.27. The fourth-order valence-corrected chi connectivity index (χ4v) is 4.90. The molecular formula is C32H47N3O5. The summed E-state index contributed by atoms with van der Waals surface area (Å²) in [6.07, 6.45) is 6.36. The van der Waals surface area contributed by atoms with Crippen molar-refractivity contribution in [1.82, 2.24) is 14.9 Å². The Kier molecular flexibility index (Phi) is 11.7. The zero-order chi connectivity index (χ0) is 29.4. The third-order valence-electron chi connectivity index (χ3n) is 7.15. The van der Waals surface area contributed by atoms with Crippen LogP contribution in [-0.4, -0.2) is 57.9 Å². The van der Waals surface area contributed by atoms with Gasteiger partial charge in [-0.3, -0.25) is 14.9 Å². The number of ether oxygens (including phenoxy) is 2. The minimum atomic E-state index is -0.898. The Morgan fingerprint density at radius 2 is 1.98 bits per heavy atom. The number of aliphatic hydroxyl groups is 1. The molecule has 3 rings (SSSR count). The molecule has 1 aromatic carbocycles. The summed E-state index contributed by atoms with van der Waals surface area (Å²) in [6, 6.07) is 5.23. The lowest BCUT2D eigenvalue weighted by molar-refractivity contribution is -0.150. The Bertz CT molecular complexity index is 1220. The van der Waals surface area contributed by atoms with Crippen LogP contribution in [0.5, 0.6) is 0 Å². The summed E-state index contributed by atoms with van der Waals surface area (Å²) < 4.78 is 13.6. The maximum absolute atomic E-state index is 12.6. The number of ketones is 1. The first-order valence-electron chi connectivity index (χ1n) is 14.6. The Morgan fingerprint density at radius 1 is 1.23 bits per heavy atom. The van der Waals surface area contributed by atoms with Gasteiger partial charge >= 0.3 is 5.97 Å². The number of hydrogen-bond acceptors (Lipinski definition) is 7. The molecule has 3 unspecified atom stereocenters. The van der Waals surface area contributed by atoms with Crippen molar-refractivity contribution in [3.63, 3.8) is 0 Å². The fraction of sp³-hybridized carbons (Fsp3) is 0.594. The number of carbonyl (C=O) groups is 2. The number of nitrogens with zero attached hydrogens (tertiary/aromatic N) is 2. The maximum atomic E-state index is 12.6. The predicted molar refractivity (Wildman–Crippen MR) is 159 cm³/mol. The lowest BCUT2D eigenvalue weighted by Crippen LogP contribution is -2.45. The van der Waals surface area contributed by atoms with Crippen LogP contribution in [0, 0.1) is 11.8 Å². The normalized spacial score (nSPS) is 18.4. The molecule has 40 heavy (non-hydrogen) atoms. The van der Waals surface area contributed by atoms with E-state index in [0.29, 0.717) is 25.3 Å². The number of aliphatic hydroxyl groups excluding tert-OH is 1. The van der Waals surface area contributed by atoms with Crippen LogP contribution in [-0.2, 0) is 32.2 Å². The Balaban J connectivity index is 1.93. The topological polar surface area (TPSA) is 103 Å². The van der Waals surface area contributed by atoms with Gasteiger partial charge in [-0.15, -0.1) is 0 Å². The van der Waals surface area contributed by atoms with Crippen molar-refractivity contribution >= 4 is 28.4 Å². The number of benzene rings is 1. The van der Waals surface area contributed by atoms with Crippen molar-refractivity contribution in [3.05, 3.63) is 47.3 Å². The molecule has 8 nitrogen and oxygen atoms in total. The number of allylic oxidation sites excluding steroid dienone is 4. The zero-order valence-electron chi connectivity index (χ0n) is 25.2. The Labute approximate surface area is 238 Å². The second-order valence-electron chi connectivity index (χ2n) is 11.6. The largest absolute Gasteiger partial charge is 0.464 e. The van der Waals surface area contributed by atoms with E-state index in [4.69, 9.17) is 14.5 Å². The van der Waals surface area contributed by atoms with Gasteiger partial charge in [0.2, 0.25) is 0 Å². The lowest BCUT2D eigenvalue weighted by Gasteiger charge is -2.24. The number of aromatic nitrogens is 2.